The fraction of sp³-hybridized carbons (Fsp3) is 0.500. The maximum absolute atomic E-state index is 12.5. The van der Waals surface area contributed by atoms with E-state index in [1.807, 2.05) is 6.07 Å². The molecule has 0 amide bonds. The van der Waals surface area contributed by atoms with Gasteiger partial charge in [0.25, 0.3) is 10.0 Å². The molecule has 2 aromatic rings. The molecule has 2 N–H and O–H groups in total. The molecule has 2 heterocycles. The number of anilines is 1. The van der Waals surface area contributed by atoms with Gasteiger partial charge in [-0.2, -0.15) is 0 Å². The predicted octanol–water partition coefficient (Wildman–Crippen LogP) is 2.09. The van der Waals surface area contributed by atoms with Crippen molar-refractivity contribution in [3.05, 3.63) is 24.4 Å². The Morgan fingerprint density at radius 2 is 2.10 bits per heavy atom. The zero-order chi connectivity index (χ0) is 15.5. The third kappa shape index (κ3) is 3.54. The average molecular weight is 310 g/mol. The van der Waals surface area contributed by atoms with Crippen molar-refractivity contribution in [2.75, 3.05) is 18.9 Å². The summed E-state index contributed by atoms with van der Waals surface area (Å²) in [4.78, 5) is 4.29. The van der Waals surface area contributed by atoms with Crippen molar-refractivity contribution in [3.63, 3.8) is 0 Å². The van der Waals surface area contributed by atoms with Gasteiger partial charge in [-0.25, -0.2) is 18.1 Å². The Balaban J connectivity index is 2.27. The summed E-state index contributed by atoms with van der Waals surface area (Å²) < 4.78 is 29.3. The number of hydrogen-bond acceptors (Lipinski definition) is 4. The number of nitrogens with zero attached hydrogens (tertiary/aromatic N) is 2. The summed E-state index contributed by atoms with van der Waals surface area (Å²) in [5.41, 5.74) is 0.601. The van der Waals surface area contributed by atoms with Gasteiger partial charge in [-0.05, 0) is 30.9 Å². The van der Waals surface area contributed by atoms with E-state index in [0.717, 1.165) is 12.8 Å². The van der Waals surface area contributed by atoms with Gasteiger partial charge in [0.1, 0.15) is 5.65 Å². The van der Waals surface area contributed by atoms with Crippen LogP contribution in [0.25, 0.3) is 5.65 Å². The van der Waals surface area contributed by atoms with Crippen LogP contribution >= 0.6 is 0 Å². The molecule has 0 saturated heterocycles. The normalized spacial score (nSPS) is 12.2. The molecule has 2 rings (SSSR count). The molecule has 0 bridgehead atoms. The Hall–Kier alpha value is -1.60. The Morgan fingerprint density at radius 1 is 1.33 bits per heavy atom. The largest absolute Gasteiger partial charge is 0.371 e. The number of pyridine rings is 1. The molecule has 6 nitrogen and oxygen atoms in total. The van der Waals surface area contributed by atoms with Crippen LogP contribution in [0.2, 0.25) is 0 Å². The third-order valence-corrected chi connectivity index (χ3v) is 4.71. The van der Waals surface area contributed by atoms with Crippen molar-refractivity contribution in [1.82, 2.24) is 14.1 Å². The zero-order valence-corrected chi connectivity index (χ0v) is 13.4. The summed E-state index contributed by atoms with van der Waals surface area (Å²) >= 11 is 0. The Bertz CT molecular complexity index is 707. The van der Waals surface area contributed by atoms with E-state index in [4.69, 9.17) is 0 Å². The Morgan fingerprint density at radius 3 is 2.76 bits per heavy atom. The van der Waals surface area contributed by atoms with Crippen LogP contribution in [0.3, 0.4) is 0 Å². The van der Waals surface area contributed by atoms with Crippen LogP contribution < -0.4 is 10.0 Å². The molecule has 0 aliphatic rings. The first-order valence-corrected chi connectivity index (χ1v) is 8.58. The number of fused-ring (bicyclic) bond motifs is 1. The summed E-state index contributed by atoms with van der Waals surface area (Å²) in [6.45, 7) is 4.68. The summed E-state index contributed by atoms with van der Waals surface area (Å²) in [6.07, 6.45) is 3.52. The molecule has 0 aliphatic heterocycles. The van der Waals surface area contributed by atoms with E-state index in [0.29, 0.717) is 23.9 Å². The molecule has 7 heteroatoms. The molecule has 116 valence electrons. The summed E-state index contributed by atoms with van der Waals surface area (Å²) in [5.74, 6) is 0.927. The van der Waals surface area contributed by atoms with Gasteiger partial charge in [-0.3, -0.25) is 4.40 Å². The van der Waals surface area contributed by atoms with Gasteiger partial charge in [0.05, 0.1) is 0 Å². The van der Waals surface area contributed by atoms with Crippen LogP contribution in [0.15, 0.2) is 29.4 Å². The van der Waals surface area contributed by atoms with Gasteiger partial charge in [-0.15, -0.1) is 0 Å². The third-order valence-electron chi connectivity index (χ3n) is 3.23. The molecular formula is C14H22N4O2S. The molecule has 0 radical (unpaired) electrons. The molecule has 21 heavy (non-hydrogen) atoms. The minimum atomic E-state index is -3.60. The van der Waals surface area contributed by atoms with Crippen LogP contribution in [-0.2, 0) is 10.0 Å². The lowest BCUT2D eigenvalue weighted by molar-refractivity contribution is 0.538. The van der Waals surface area contributed by atoms with E-state index < -0.39 is 10.0 Å². The lowest BCUT2D eigenvalue weighted by atomic mass is 10.1. The first kappa shape index (κ1) is 15.8. The standard InChI is InChI=1S/C14H22N4O2S/c1-11(2)7-6-9-16-21(19,20)14-13(15-3)17-12-8-4-5-10-18(12)14/h4-5,8,10-11,15-16H,6-7,9H2,1-3H3. The SMILES string of the molecule is CNc1nc2ccccn2c1S(=O)(=O)NCCCC(C)C. The number of sulfonamides is 1. The smallest absolute Gasteiger partial charge is 0.260 e. The monoisotopic (exact) mass is 310 g/mol. The summed E-state index contributed by atoms with van der Waals surface area (Å²) in [6, 6.07) is 5.39. The van der Waals surface area contributed by atoms with Crippen molar-refractivity contribution < 1.29 is 8.42 Å². The highest BCUT2D eigenvalue weighted by Gasteiger charge is 2.24. The van der Waals surface area contributed by atoms with Gasteiger partial charge >= 0.3 is 0 Å². The minimum Gasteiger partial charge on any atom is -0.371 e. The van der Waals surface area contributed by atoms with Gasteiger partial charge in [-0.1, -0.05) is 19.9 Å². The second-order valence-corrected chi connectivity index (χ2v) is 7.06. The van der Waals surface area contributed by atoms with Crippen molar-refractivity contribution in [1.29, 1.82) is 0 Å². The van der Waals surface area contributed by atoms with E-state index in [2.05, 4.69) is 28.9 Å². The van der Waals surface area contributed by atoms with Crippen molar-refractivity contribution in [2.24, 2.45) is 5.92 Å². The fourth-order valence-electron chi connectivity index (χ4n) is 2.18. The van der Waals surface area contributed by atoms with Crippen LogP contribution in [0, 0.1) is 5.92 Å². The van der Waals surface area contributed by atoms with Crippen LogP contribution in [0.1, 0.15) is 26.7 Å². The lowest BCUT2D eigenvalue weighted by Crippen LogP contribution is -2.26. The summed E-state index contributed by atoms with van der Waals surface area (Å²) in [7, 11) is -1.93. The molecule has 0 unspecified atom stereocenters. The van der Waals surface area contributed by atoms with Crippen molar-refractivity contribution in [2.45, 2.75) is 31.7 Å². The fourth-order valence-corrected chi connectivity index (χ4v) is 3.54. The molecule has 0 fully saturated rings. The van der Waals surface area contributed by atoms with Gasteiger partial charge in [0.15, 0.2) is 10.8 Å². The van der Waals surface area contributed by atoms with E-state index >= 15 is 0 Å². The van der Waals surface area contributed by atoms with Crippen LogP contribution in [0.4, 0.5) is 5.82 Å². The van der Waals surface area contributed by atoms with Crippen LogP contribution in [-0.4, -0.2) is 31.4 Å². The highest BCUT2D eigenvalue weighted by molar-refractivity contribution is 7.89. The predicted molar refractivity (Wildman–Crippen MR) is 84.0 cm³/mol. The quantitative estimate of drug-likeness (QED) is 0.768. The minimum absolute atomic E-state index is 0.158. The second kappa shape index (κ2) is 6.44. The van der Waals surface area contributed by atoms with E-state index in [1.165, 1.54) is 0 Å². The molecular weight excluding hydrogens is 288 g/mol. The molecule has 2 aromatic heterocycles. The van der Waals surface area contributed by atoms with Gasteiger partial charge in [0, 0.05) is 19.8 Å². The van der Waals surface area contributed by atoms with E-state index in [1.54, 1.807) is 29.8 Å². The Labute approximate surface area is 125 Å². The molecule has 0 saturated carbocycles. The van der Waals surface area contributed by atoms with Crippen LogP contribution in [0.5, 0.6) is 0 Å². The zero-order valence-electron chi connectivity index (χ0n) is 12.6. The summed E-state index contributed by atoms with van der Waals surface area (Å²) in [5, 5.41) is 3.01. The maximum atomic E-state index is 12.5. The van der Waals surface area contributed by atoms with E-state index in [-0.39, 0.29) is 5.03 Å². The number of imidazole rings is 1. The van der Waals surface area contributed by atoms with Gasteiger partial charge in [0.2, 0.25) is 0 Å². The highest BCUT2D eigenvalue weighted by atomic mass is 32.2. The number of aromatic nitrogens is 2. The molecule has 0 spiro atoms. The highest BCUT2D eigenvalue weighted by Crippen LogP contribution is 2.22. The molecule has 0 aliphatic carbocycles. The maximum Gasteiger partial charge on any atom is 0.260 e. The number of nitrogens with one attached hydrogen (secondary N) is 2. The topological polar surface area (TPSA) is 75.5 Å². The van der Waals surface area contributed by atoms with Crippen molar-refractivity contribution in [3.8, 4) is 0 Å². The average Bonchev–Trinajstić information content (AvgIpc) is 2.82. The van der Waals surface area contributed by atoms with Gasteiger partial charge < -0.3 is 5.32 Å². The molecule has 0 aromatic carbocycles. The van der Waals surface area contributed by atoms with E-state index in [9.17, 15) is 8.42 Å². The first-order chi connectivity index (χ1) is 9.95. The first-order valence-electron chi connectivity index (χ1n) is 7.10. The van der Waals surface area contributed by atoms with Crippen molar-refractivity contribution >= 4 is 21.5 Å². The number of rotatable bonds is 7. The second-order valence-electron chi connectivity index (χ2n) is 5.38. The lowest BCUT2D eigenvalue weighted by Gasteiger charge is -2.09. The molecule has 0 atom stereocenters. The number of hydrogen-bond donors (Lipinski definition) is 2. The Kier molecular flexibility index (Phi) is 4.84.